The first-order valence-electron chi connectivity index (χ1n) is 5.50. The van der Waals surface area contributed by atoms with Crippen LogP contribution in [0.4, 0.5) is 14.5 Å². The SMILES string of the molecule is CC(CCO)SCC(=O)Nc1cc(F)ccc1F. The zero-order valence-corrected chi connectivity index (χ0v) is 10.8. The molecule has 1 atom stereocenters. The fourth-order valence-electron chi connectivity index (χ4n) is 1.26. The maximum atomic E-state index is 13.2. The zero-order valence-electron chi connectivity index (χ0n) is 9.95. The predicted octanol–water partition coefficient (Wildman–Crippen LogP) is 2.41. The maximum absolute atomic E-state index is 13.2. The van der Waals surface area contributed by atoms with Gasteiger partial charge < -0.3 is 10.4 Å². The summed E-state index contributed by atoms with van der Waals surface area (Å²) in [4.78, 5) is 11.5. The number of aliphatic hydroxyl groups excluding tert-OH is 1. The molecule has 3 nitrogen and oxygen atoms in total. The minimum Gasteiger partial charge on any atom is -0.396 e. The monoisotopic (exact) mass is 275 g/mol. The quantitative estimate of drug-likeness (QED) is 0.838. The zero-order chi connectivity index (χ0) is 13.5. The van der Waals surface area contributed by atoms with Gasteiger partial charge in [-0.3, -0.25) is 4.79 Å². The van der Waals surface area contributed by atoms with Crippen molar-refractivity contribution in [3.05, 3.63) is 29.8 Å². The first-order valence-corrected chi connectivity index (χ1v) is 6.55. The molecule has 0 aliphatic heterocycles. The summed E-state index contributed by atoms with van der Waals surface area (Å²) < 4.78 is 26.1. The van der Waals surface area contributed by atoms with Crippen LogP contribution in [0.15, 0.2) is 18.2 Å². The van der Waals surface area contributed by atoms with Gasteiger partial charge in [-0.1, -0.05) is 6.92 Å². The van der Waals surface area contributed by atoms with E-state index in [1.54, 1.807) is 0 Å². The second-order valence-electron chi connectivity index (χ2n) is 3.81. The lowest BCUT2D eigenvalue weighted by Gasteiger charge is -2.10. The van der Waals surface area contributed by atoms with E-state index in [1.807, 2.05) is 6.92 Å². The smallest absolute Gasteiger partial charge is 0.234 e. The molecule has 0 aliphatic carbocycles. The van der Waals surface area contributed by atoms with Crippen molar-refractivity contribution in [2.24, 2.45) is 0 Å². The van der Waals surface area contributed by atoms with Crippen molar-refractivity contribution in [1.29, 1.82) is 0 Å². The molecule has 1 rings (SSSR count). The Balaban J connectivity index is 2.47. The molecule has 1 aromatic rings. The number of benzene rings is 1. The molecule has 18 heavy (non-hydrogen) atoms. The fourth-order valence-corrected chi connectivity index (χ4v) is 2.04. The van der Waals surface area contributed by atoms with E-state index >= 15 is 0 Å². The van der Waals surface area contributed by atoms with Crippen molar-refractivity contribution in [1.82, 2.24) is 0 Å². The minimum absolute atomic E-state index is 0.0638. The van der Waals surface area contributed by atoms with Crippen LogP contribution in [0.1, 0.15) is 13.3 Å². The molecule has 0 aliphatic rings. The summed E-state index contributed by atoms with van der Waals surface area (Å²) in [5.74, 6) is -1.53. The van der Waals surface area contributed by atoms with Crippen molar-refractivity contribution >= 4 is 23.4 Å². The molecule has 100 valence electrons. The van der Waals surface area contributed by atoms with E-state index in [0.717, 1.165) is 18.2 Å². The van der Waals surface area contributed by atoms with Gasteiger partial charge in [-0.15, -0.1) is 11.8 Å². The summed E-state index contributed by atoms with van der Waals surface area (Å²) in [6.07, 6.45) is 0.590. The van der Waals surface area contributed by atoms with E-state index in [1.165, 1.54) is 11.8 Å². The highest BCUT2D eigenvalue weighted by molar-refractivity contribution is 8.00. The predicted molar refractivity (Wildman–Crippen MR) is 68.6 cm³/mol. The molecule has 1 amide bonds. The highest BCUT2D eigenvalue weighted by Gasteiger charge is 2.10. The molecule has 2 N–H and O–H groups in total. The Morgan fingerprint density at radius 2 is 2.22 bits per heavy atom. The number of halogens is 2. The van der Waals surface area contributed by atoms with Gasteiger partial charge in [-0.2, -0.15) is 0 Å². The van der Waals surface area contributed by atoms with Gasteiger partial charge in [0.05, 0.1) is 11.4 Å². The van der Waals surface area contributed by atoms with Gasteiger partial charge in [0, 0.05) is 17.9 Å². The van der Waals surface area contributed by atoms with Gasteiger partial charge in [-0.25, -0.2) is 8.78 Å². The number of amides is 1. The first-order chi connectivity index (χ1) is 8.52. The van der Waals surface area contributed by atoms with Crippen LogP contribution >= 0.6 is 11.8 Å². The number of aliphatic hydroxyl groups is 1. The number of thioether (sulfide) groups is 1. The summed E-state index contributed by atoms with van der Waals surface area (Å²) in [6, 6.07) is 2.89. The Labute approximate surface area is 109 Å². The average Bonchev–Trinajstić information content (AvgIpc) is 2.32. The molecule has 6 heteroatoms. The van der Waals surface area contributed by atoms with E-state index in [-0.39, 0.29) is 23.3 Å². The van der Waals surface area contributed by atoms with Crippen LogP contribution in [0.25, 0.3) is 0 Å². The van der Waals surface area contributed by atoms with Crippen molar-refractivity contribution in [2.75, 3.05) is 17.7 Å². The number of hydrogen-bond donors (Lipinski definition) is 2. The van der Waals surface area contributed by atoms with Gasteiger partial charge in [-0.05, 0) is 18.6 Å². The largest absolute Gasteiger partial charge is 0.396 e. The van der Waals surface area contributed by atoms with Crippen molar-refractivity contribution in [3.8, 4) is 0 Å². The molecular formula is C12H15F2NO2S. The van der Waals surface area contributed by atoms with Crippen molar-refractivity contribution in [3.63, 3.8) is 0 Å². The second-order valence-corrected chi connectivity index (χ2v) is 5.23. The average molecular weight is 275 g/mol. The van der Waals surface area contributed by atoms with E-state index in [0.29, 0.717) is 6.42 Å². The van der Waals surface area contributed by atoms with Gasteiger partial charge >= 0.3 is 0 Å². The summed E-state index contributed by atoms with van der Waals surface area (Å²) in [6.45, 7) is 1.95. The van der Waals surface area contributed by atoms with Crippen LogP contribution in [0.5, 0.6) is 0 Å². The van der Waals surface area contributed by atoms with E-state index < -0.39 is 17.5 Å². The summed E-state index contributed by atoms with van der Waals surface area (Å²) in [5.41, 5.74) is -0.157. The Bertz CT molecular complexity index is 415. The third-order valence-corrected chi connectivity index (χ3v) is 3.47. The van der Waals surface area contributed by atoms with Gasteiger partial charge in [0.2, 0.25) is 5.91 Å². The van der Waals surface area contributed by atoms with E-state index in [9.17, 15) is 13.6 Å². The van der Waals surface area contributed by atoms with E-state index in [2.05, 4.69) is 5.32 Å². The molecule has 0 heterocycles. The number of hydrogen-bond acceptors (Lipinski definition) is 3. The number of nitrogens with one attached hydrogen (secondary N) is 1. The lowest BCUT2D eigenvalue weighted by Crippen LogP contribution is -2.17. The van der Waals surface area contributed by atoms with Crippen LogP contribution < -0.4 is 5.32 Å². The van der Waals surface area contributed by atoms with Crippen LogP contribution in [-0.2, 0) is 4.79 Å². The third-order valence-electron chi connectivity index (χ3n) is 2.24. The lowest BCUT2D eigenvalue weighted by molar-refractivity contribution is -0.113. The maximum Gasteiger partial charge on any atom is 0.234 e. The Morgan fingerprint density at radius 3 is 2.89 bits per heavy atom. The molecule has 1 unspecified atom stereocenters. The summed E-state index contributed by atoms with van der Waals surface area (Å²) in [5, 5.41) is 11.1. The molecule has 0 fully saturated rings. The topological polar surface area (TPSA) is 49.3 Å². The number of anilines is 1. The molecular weight excluding hydrogens is 260 g/mol. The van der Waals surface area contributed by atoms with Crippen molar-refractivity contribution in [2.45, 2.75) is 18.6 Å². The number of carbonyl (C=O) groups excluding carboxylic acids is 1. The molecule has 0 saturated carbocycles. The normalized spacial score (nSPS) is 12.2. The fraction of sp³-hybridized carbons (Fsp3) is 0.417. The Morgan fingerprint density at radius 1 is 1.50 bits per heavy atom. The molecule has 0 saturated heterocycles. The van der Waals surface area contributed by atoms with Crippen molar-refractivity contribution < 1.29 is 18.7 Å². The highest BCUT2D eigenvalue weighted by Crippen LogP contribution is 2.17. The van der Waals surface area contributed by atoms with Crippen LogP contribution in [0.3, 0.4) is 0 Å². The Kier molecular flexibility index (Phi) is 6.07. The molecule has 0 bridgehead atoms. The standard InChI is InChI=1S/C12H15F2NO2S/c1-8(4-5-16)18-7-12(17)15-11-6-9(13)2-3-10(11)14/h2-3,6,8,16H,4-5,7H2,1H3,(H,15,17). The van der Waals surface area contributed by atoms with Crippen LogP contribution in [0, 0.1) is 11.6 Å². The molecule has 0 spiro atoms. The molecule has 1 aromatic carbocycles. The first kappa shape index (κ1) is 14.9. The van der Waals surface area contributed by atoms with Crippen LogP contribution in [-0.4, -0.2) is 28.6 Å². The van der Waals surface area contributed by atoms with E-state index in [4.69, 9.17) is 5.11 Å². The minimum atomic E-state index is -0.668. The summed E-state index contributed by atoms with van der Waals surface area (Å²) in [7, 11) is 0. The third kappa shape index (κ3) is 5.01. The molecule has 0 aromatic heterocycles. The number of rotatable bonds is 6. The van der Waals surface area contributed by atoms with Gasteiger partial charge in [0.15, 0.2) is 0 Å². The van der Waals surface area contributed by atoms with Gasteiger partial charge in [0.1, 0.15) is 11.6 Å². The second kappa shape index (κ2) is 7.33. The van der Waals surface area contributed by atoms with Crippen LogP contribution in [0.2, 0.25) is 0 Å². The van der Waals surface area contributed by atoms with Gasteiger partial charge in [0.25, 0.3) is 0 Å². The highest BCUT2D eigenvalue weighted by atomic mass is 32.2. The molecule has 0 radical (unpaired) electrons. The number of carbonyl (C=O) groups is 1. The summed E-state index contributed by atoms with van der Waals surface area (Å²) >= 11 is 1.35. The Hall–Kier alpha value is -1.14. The lowest BCUT2D eigenvalue weighted by atomic mass is 10.3.